The molecule has 0 aliphatic rings. The first-order valence-electron chi connectivity index (χ1n) is 8.79. The lowest BCUT2D eigenvalue weighted by molar-refractivity contribution is -0.137. The van der Waals surface area contributed by atoms with Crippen molar-refractivity contribution in [1.29, 1.82) is 0 Å². The summed E-state index contributed by atoms with van der Waals surface area (Å²) in [5.74, 6) is -0.636. The molecule has 7 heteroatoms. The van der Waals surface area contributed by atoms with Gasteiger partial charge in [-0.2, -0.15) is 13.2 Å². The number of hydrogen-bond donors (Lipinski definition) is 0. The highest BCUT2D eigenvalue weighted by Gasteiger charge is 2.32. The zero-order valence-corrected chi connectivity index (χ0v) is 16.8. The fraction of sp³-hybridized carbons (Fsp3) is 0.0435. The average Bonchev–Trinajstić information content (AvgIpc) is 2.72. The Labute approximate surface area is 176 Å². The molecule has 0 spiro atoms. The SMILES string of the molecule is O=C(c1cccc(Br)c1)c1c(-c2ccccc2)c2cc(C(F)(F)F)ccc2oc1=O. The maximum atomic E-state index is 13.3. The third kappa shape index (κ3) is 3.68. The van der Waals surface area contributed by atoms with Crippen molar-refractivity contribution in [3.05, 3.63) is 104 Å². The number of benzene rings is 3. The Morgan fingerprint density at radius 2 is 1.63 bits per heavy atom. The van der Waals surface area contributed by atoms with Crippen LogP contribution in [-0.2, 0) is 6.18 Å². The second kappa shape index (κ2) is 7.57. The van der Waals surface area contributed by atoms with Gasteiger partial charge in [-0.3, -0.25) is 4.79 Å². The minimum absolute atomic E-state index is 0.0300. The van der Waals surface area contributed by atoms with Crippen molar-refractivity contribution in [2.75, 3.05) is 0 Å². The second-order valence-electron chi connectivity index (χ2n) is 6.55. The third-order valence-corrected chi connectivity index (χ3v) is 5.10. The first kappa shape index (κ1) is 20.1. The quantitative estimate of drug-likeness (QED) is 0.253. The van der Waals surface area contributed by atoms with Crippen LogP contribution in [0.15, 0.2) is 86.5 Å². The van der Waals surface area contributed by atoms with Crippen molar-refractivity contribution in [3.63, 3.8) is 0 Å². The zero-order chi connectivity index (χ0) is 21.5. The molecule has 3 aromatic carbocycles. The Balaban J connectivity index is 2.10. The van der Waals surface area contributed by atoms with E-state index in [1.807, 2.05) is 0 Å². The van der Waals surface area contributed by atoms with Crippen molar-refractivity contribution in [1.82, 2.24) is 0 Å². The van der Waals surface area contributed by atoms with E-state index in [4.69, 9.17) is 4.42 Å². The molecule has 0 aliphatic heterocycles. The molecule has 0 saturated carbocycles. The smallest absolute Gasteiger partial charge is 0.416 e. The monoisotopic (exact) mass is 472 g/mol. The van der Waals surface area contributed by atoms with Crippen LogP contribution in [0.1, 0.15) is 21.5 Å². The van der Waals surface area contributed by atoms with Crippen LogP contribution < -0.4 is 5.63 Å². The number of alkyl halides is 3. The molecule has 4 aromatic rings. The summed E-state index contributed by atoms with van der Waals surface area (Å²) in [4.78, 5) is 26.0. The number of hydrogen-bond acceptors (Lipinski definition) is 3. The van der Waals surface area contributed by atoms with E-state index in [2.05, 4.69) is 15.9 Å². The number of carbonyl (C=O) groups is 1. The van der Waals surface area contributed by atoms with Gasteiger partial charge >= 0.3 is 11.8 Å². The van der Waals surface area contributed by atoms with Crippen molar-refractivity contribution in [3.8, 4) is 11.1 Å². The van der Waals surface area contributed by atoms with Gasteiger partial charge in [0, 0.05) is 21.0 Å². The maximum Gasteiger partial charge on any atom is 0.416 e. The molecule has 0 saturated heterocycles. The van der Waals surface area contributed by atoms with Gasteiger partial charge in [0.25, 0.3) is 0 Å². The molecular formula is C23H12BrF3O3. The highest BCUT2D eigenvalue weighted by atomic mass is 79.9. The lowest BCUT2D eigenvalue weighted by atomic mass is 9.92. The van der Waals surface area contributed by atoms with Gasteiger partial charge in [-0.25, -0.2) is 4.79 Å². The van der Waals surface area contributed by atoms with Gasteiger partial charge in [-0.15, -0.1) is 0 Å². The number of rotatable bonds is 3. The van der Waals surface area contributed by atoms with Crippen LogP contribution in [0.25, 0.3) is 22.1 Å². The van der Waals surface area contributed by atoms with Gasteiger partial charge in [-0.1, -0.05) is 58.4 Å². The van der Waals surface area contributed by atoms with E-state index in [0.29, 0.717) is 10.0 Å². The molecule has 3 nitrogen and oxygen atoms in total. The summed E-state index contributed by atoms with van der Waals surface area (Å²) >= 11 is 3.28. The summed E-state index contributed by atoms with van der Waals surface area (Å²) < 4.78 is 45.9. The topological polar surface area (TPSA) is 47.3 Å². The number of ketones is 1. The number of carbonyl (C=O) groups excluding carboxylic acids is 1. The first-order chi connectivity index (χ1) is 14.3. The molecule has 30 heavy (non-hydrogen) atoms. The lowest BCUT2D eigenvalue weighted by Crippen LogP contribution is -2.17. The minimum Gasteiger partial charge on any atom is -0.422 e. The predicted octanol–water partition coefficient (Wildman–Crippen LogP) is 6.47. The Hall–Kier alpha value is -3.19. The van der Waals surface area contributed by atoms with Gasteiger partial charge in [0.2, 0.25) is 5.78 Å². The van der Waals surface area contributed by atoms with Crippen LogP contribution in [0.4, 0.5) is 13.2 Å². The highest BCUT2D eigenvalue weighted by Crippen LogP contribution is 2.36. The van der Waals surface area contributed by atoms with Crippen molar-refractivity contribution >= 4 is 32.7 Å². The van der Waals surface area contributed by atoms with Crippen molar-refractivity contribution in [2.24, 2.45) is 0 Å². The van der Waals surface area contributed by atoms with Gasteiger partial charge in [0.1, 0.15) is 11.1 Å². The van der Waals surface area contributed by atoms with Gasteiger partial charge in [0.05, 0.1) is 5.56 Å². The minimum atomic E-state index is -4.59. The maximum absolute atomic E-state index is 13.3. The van der Waals surface area contributed by atoms with Crippen LogP contribution in [-0.4, -0.2) is 5.78 Å². The summed E-state index contributed by atoms with van der Waals surface area (Å²) in [6.45, 7) is 0. The average molecular weight is 473 g/mol. The third-order valence-electron chi connectivity index (χ3n) is 4.61. The molecular weight excluding hydrogens is 461 g/mol. The predicted molar refractivity (Wildman–Crippen MR) is 110 cm³/mol. The van der Waals surface area contributed by atoms with Crippen molar-refractivity contribution in [2.45, 2.75) is 6.18 Å². The molecule has 1 aromatic heterocycles. The summed E-state index contributed by atoms with van der Waals surface area (Å²) in [6, 6.07) is 17.6. The molecule has 0 atom stereocenters. The van der Waals surface area contributed by atoms with Crippen LogP contribution in [0.3, 0.4) is 0 Å². The standard InChI is InChI=1S/C23H12BrF3O3/c24-16-8-4-7-14(11-16)21(28)20-19(13-5-2-1-3-6-13)17-12-15(23(25,26)27)9-10-18(17)30-22(20)29/h1-12H. The Morgan fingerprint density at radius 1 is 0.900 bits per heavy atom. The highest BCUT2D eigenvalue weighted by molar-refractivity contribution is 9.10. The Bertz CT molecular complexity index is 1330. The summed E-state index contributed by atoms with van der Waals surface area (Å²) in [6.07, 6.45) is -4.59. The van der Waals surface area contributed by atoms with Crippen LogP contribution in [0.2, 0.25) is 0 Å². The summed E-state index contributed by atoms with van der Waals surface area (Å²) in [5.41, 5.74) is -1.40. The lowest BCUT2D eigenvalue weighted by Gasteiger charge is -2.13. The van der Waals surface area contributed by atoms with Crippen LogP contribution >= 0.6 is 15.9 Å². The first-order valence-corrected chi connectivity index (χ1v) is 9.59. The molecule has 4 rings (SSSR count). The van der Waals surface area contributed by atoms with Crippen molar-refractivity contribution < 1.29 is 22.4 Å². The van der Waals surface area contributed by atoms with E-state index in [1.54, 1.807) is 42.5 Å². The molecule has 0 aliphatic carbocycles. The second-order valence-corrected chi connectivity index (χ2v) is 7.47. The molecule has 0 unspecified atom stereocenters. The van der Waals surface area contributed by atoms with E-state index in [1.165, 1.54) is 12.1 Å². The normalized spacial score (nSPS) is 11.6. The molecule has 0 N–H and O–H groups in total. The fourth-order valence-electron chi connectivity index (χ4n) is 3.26. The molecule has 150 valence electrons. The summed E-state index contributed by atoms with van der Waals surface area (Å²) in [7, 11) is 0. The van der Waals surface area contributed by atoms with Gasteiger partial charge in [0.15, 0.2) is 0 Å². The van der Waals surface area contributed by atoms with Crippen LogP contribution in [0.5, 0.6) is 0 Å². The molecule has 1 heterocycles. The van der Waals surface area contributed by atoms with E-state index in [-0.39, 0.29) is 27.7 Å². The Morgan fingerprint density at radius 3 is 2.30 bits per heavy atom. The van der Waals surface area contributed by atoms with E-state index in [9.17, 15) is 22.8 Å². The number of fused-ring (bicyclic) bond motifs is 1. The van der Waals surface area contributed by atoms with Crippen LogP contribution in [0, 0.1) is 0 Å². The number of halogens is 4. The summed E-state index contributed by atoms with van der Waals surface area (Å²) in [5, 5.41) is 0.0361. The molecule has 0 radical (unpaired) electrons. The van der Waals surface area contributed by atoms with E-state index < -0.39 is 23.1 Å². The molecule has 0 amide bonds. The Kier molecular flexibility index (Phi) is 5.07. The molecule has 0 bridgehead atoms. The van der Waals surface area contributed by atoms with Gasteiger partial charge < -0.3 is 4.42 Å². The van der Waals surface area contributed by atoms with E-state index >= 15 is 0 Å². The zero-order valence-electron chi connectivity index (χ0n) is 15.2. The van der Waals surface area contributed by atoms with E-state index in [0.717, 1.165) is 18.2 Å². The fourth-order valence-corrected chi connectivity index (χ4v) is 3.66. The molecule has 0 fully saturated rings. The van der Waals surface area contributed by atoms with Gasteiger partial charge in [-0.05, 0) is 35.9 Å². The largest absolute Gasteiger partial charge is 0.422 e.